The average molecular weight is 654 g/mol. The van der Waals surface area contributed by atoms with Crippen LogP contribution >= 0.6 is 0 Å². The van der Waals surface area contributed by atoms with Gasteiger partial charge in [-0.25, -0.2) is 9.98 Å². The number of fused-ring (bicyclic) bond motifs is 5. The van der Waals surface area contributed by atoms with E-state index in [4.69, 9.17) is 14.4 Å². The zero-order valence-corrected chi connectivity index (χ0v) is 27.6. The van der Waals surface area contributed by atoms with Gasteiger partial charge >= 0.3 is 0 Å². The van der Waals surface area contributed by atoms with Gasteiger partial charge in [-0.15, -0.1) is 0 Å². The van der Waals surface area contributed by atoms with Crippen LogP contribution in [0.3, 0.4) is 0 Å². The summed E-state index contributed by atoms with van der Waals surface area (Å²) in [4.78, 5) is 10.5. The van der Waals surface area contributed by atoms with Gasteiger partial charge in [0.15, 0.2) is 6.17 Å². The fourth-order valence-corrected chi connectivity index (χ4v) is 7.49. The van der Waals surface area contributed by atoms with Crippen molar-refractivity contribution in [3.8, 4) is 22.3 Å². The highest BCUT2D eigenvalue weighted by atomic mass is 16.3. The molecule has 4 nitrogen and oxygen atoms in total. The lowest BCUT2D eigenvalue weighted by molar-refractivity contribution is 0.670. The zero-order valence-electron chi connectivity index (χ0n) is 27.6. The maximum atomic E-state index is 6.71. The van der Waals surface area contributed by atoms with Crippen molar-refractivity contribution in [2.24, 2.45) is 9.98 Å². The van der Waals surface area contributed by atoms with Crippen LogP contribution < -0.4 is 5.32 Å². The van der Waals surface area contributed by atoms with Crippen LogP contribution in [0.4, 0.5) is 0 Å². The third-order valence-electron chi connectivity index (χ3n) is 9.96. The summed E-state index contributed by atoms with van der Waals surface area (Å²) >= 11 is 0. The lowest BCUT2D eigenvalue weighted by Crippen LogP contribution is -2.36. The van der Waals surface area contributed by atoms with Crippen LogP contribution in [0.2, 0.25) is 0 Å². The average Bonchev–Trinajstić information content (AvgIpc) is 3.60. The molecule has 0 spiro atoms. The van der Waals surface area contributed by atoms with Crippen LogP contribution in [0.25, 0.3) is 65.7 Å². The van der Waals surface area contributed by atoms with Gasteiger partial charge in [0.2, 0.25) is 0 Å². The summed E-state index contributed by atoms with van der Waals surface area (Å²) in [5.41, 5.74) is 9.24. The SMILES string of the molecule is c1ccc(C2=NC(c3ccc(-c4cccc5ccccc45)cc3)N=C(c3ccc(-c4cccc5ccccc45)c4oc5ccccc5c34)N2)cc1. The molecule has 2 heterocycles. The van der Waals surface area contributed by atoms with Gasteiger partial charge in [-0.3, -0.25) is 0 Å². The predicted molar refractivity (Wildman–Crippen MR) is 211 cm³/mol. The van der Waals surface area contributed by atoms with Crippen molar-refractivity contribution in [3.63, 3.8) is 0 Å². The number of para-hydroxylation sites is 1. The number of hydrogen-bond acceptors (Lipinski definition) is 4. The van der Waals surface area contributed by atoms with Crippen molar-refractivity contribution in [2.75, 3.05) is 0 Å². The largest absolute Gasteiger partial charge is 0.455 e. The van der Waals surface area contributed by atoms with Gasteiger partial charge in [0, 0.05) is 27.5 Å². The maximum absolute atomic E-state index is 6.71. The molecular weight excluding hydrogens is 623 g/mol. The van der Waals surface area contributed by atoms with E-state index in [-0.39, 0.29) is 0 Å². The highest BCUT2D eigenvalue weighted by molar-refractivity contribution is 6.25. The van der Waals surface area contributed by atoms with E-state index < -0.39 is 6.17 Å². The first-order valence-corrected chi connectivity index (χ1v) is 17.3. The quantitative estimate of drug-likeness (QED) is 0.201. The zero-order chi connectivity index (χ0) is 33.7. The predicted octanol–water partition coefficient (Wildman–Crippen LogP) is 11.7. The van der Waals surface area contributed by atoms with E-state index in [0.717, 1.165) is 67.0 Å². The molecule has 0 saturated heterocycles. The van der Waals surface area contributed by atoms with E-state index in [1.54, 1.807) is 0 Å². The molecule has 10 rings (SSSR count). The van der Waals surface area contributed by atoms with Gasteiger partial charge in [-0.2, -0.15) is 0 Å². The fourth-order valence-electron chi connectivity index (χ4n) is 7.49. The van der Waals surface area contributed by atoms with Gasteiger partial charge in [0.1, 0.15) is 22.8 Å². The number of benzene rings is 8. The molecule has 0 aliphatic carbocycles. The Bertz CT molecular complexity index is 2820. The molecule has 51 heavy (non-hydrogen) atoms. The van der Waals surface area contributed by atoms with E-state index in [0.29, 0.717) is 0 Å². The Morgan fingerprint density at radius 2 is 1.00 bits per heavy atom. The molecule has 0 amide bonds. The standard InChI is InChI=1S/C47H31N3O/c1-2-14-33(15-3-1)45-48-46(34-26-24-32(25-27-34)36-21-10-16-30-12-4-6-18-35(30)36)50-47(49-45)41-29-28-39(38-22-11-17-31-13-5-7-19-37(31)38)44-43(41)40-20-8-9-23-42(40)51-44/h1-29,46H,(H,48,49,50). The van der Waals surface area contributed by atoms with Crippen molar-refractivity contribution in [1.29, 1.82) is 0 Å². The van der Waals surface area contributed by atoms with Gasteiger partial charge < -0.3 is 9.73 Å². The Balaban J connectivity index is 1.14. The molecule has 4 heteroatoms. The van der Waals surface area contributed by atoms with Crippen LogP contribution in [0.1, 0.15) is 22.9 Å². The molecule has 1 aliphatic rings. The van der Waals surface area contributed by atoms with E-state index in [1.165, 1.54) is 27.1 Å². The van der Waals surface area contributed by atoms with E-state index in [2.05, 4.69) is 151 Å². The molecule has 0 fully saturated rings. The second kappa shape index (κ2) is 12.0. The molecule has 240 valence electrons. The Morgan fingerprint density at radius 1 is 0.412 bits per heavy atom. The van der Waals surface area contributed by atoms with Crippen molar-refractivity contribution >= 4 is 55.2 Å². The minimum atomic E-state index is -0.441. The normalized spacial score (nSPS) is 14.5. The smallest absolute Gasteiger partial charge is 0.169 e. The first kappa shape index (κ1) is 29.2. The van der Waals surface area contributed by atoms with E-state index in [1.807, 2.05) is 30.3 Å². The molecule has 0 saturated carbocycles. The summed E-state index contributed by atoms with van der Waals surface area (Å²) in [6.07, 6.45) is -0.441. The Labute approximate surface area is 295 Å². The number of rotatable bonds is 5. The molecule has 8 aromatic carbocycles. The molecule has 9 aromatic rings. The number of furan rings is 1. The summed E-state index contributed by atoms with van der Waals surface area (Å²) in [6, 6.07) is 61.6. The number of nitrogens with one attached hydrogen (secondary N) is 1. The molecule has 0 bridgehead atoms. The number of nitrogens with zero attached hydrogens (tertiary/aromatic N) is 2. The lowest BCUT2D eigenvalue weighted by atomic mass is 9.94. The van der Waals surface area contributed by atoms with Crippen LogP contribution in [0, 0.1) is 0 Å². The van der Waals surface area contributed by atoms with Gasteiger partial charge in [0.25, 0.3) is 0 Å². The summed E-state index contributed by atoms with van der Waals surface area (Å²) in [7, 11) is 0. The topological polar surface area (TPSA) is 49.9 Å². The Hall–Kier alpha value is -6.78. The lowest BCUT2D eigenvalue weighted by Gasteiger charge is -2.23. The molecule has 1 aliphatic heterocycles. The monoisotopic (exact) mass is 653 g/mol. The molecule has 1 aromatic heterocycles. The van der Waals surface area contributed by atoms with Crippen LogP contribution in [0.5, 0.6) is 0 Å². The number of aliphatic imine (C=N–C) groups is 2. The molecular formula is C47H31N3O. The Morgan fingerprint density at radius 3 is 1.76 bits per heavy atom. The highest BCUT2D eigenvalue weighted by Gasteiger charge is 2.25. The van der Waals surface area contributed by atoms with E-state index >= 15 is 0 Å². The minimum Gasteiger partial charge on any atom is -0.455 e. The first-order valence-electron chi connectivity index (χ1n) is 17.3. The fraction of sp³-hybridized carbons (Fsp3) is 0.0213. The Kier molecular flexibility index (Phi) is 6.85. The van der Waals surface area contributed by atoms with Crippen LogP contribution in [-0.4, -0.2) is 11.7 Å². The molecule has 0 radical (unpaired) electrons. The molecule has 1 atom stereocenters. The first-order chi connectivity index (χ1) is 25.3. The summed E-state index contributed by atoms with van der Waals surface area (Å²) < 4.78 is 6.71. The summed E-state index contributed by atoms with van der Waals surface area (Å²) in [5, 5.41) is 10.6. The number of amidine groups is 2. The second-order valence-electron chi connectivity index (χ2n) is 13.0. The maximum Gasteiger partial charge on any atom is 0.169 e. The van der Waals surface area contributed by atoms with Gasteiger partial charge in [-0.1, -0.05) is 158 Å². The molecule has 1 unspecified atom stereocenters. The third kappa shape index (κ3) is 5.00. The van der Waals surface area contributed by atoms with Gasteiger partial charge in [0.05, 0.1) is 0 Å². The second-order valence-corrected chi connectivity index (χ2v) is 13.0. The number of hydrogen-bond donors (Lipinski definition) is 1. The third-order valence-corrected chi connectivity index (χ3v) is 9.96. The highest BCUT2D eigenvalue weighted by Crippen LogP contribution is 2.41. The van der Waals surface area contributed by atoms with Crippen molar-refractivity contribution in [3.05, 3.63) is 193 Å². The van der Waals surface area contributed by atoms with Crippen molar-refractivity contribution in [1.82, 2.24) is 5.32 Å². The van der Waals surface area contributed by atoms with Crippen LogP contribution in [0.15, 0.2) is 190 Å². The summed E-state index contributed by atoms with van der Waals surface area (Å²) in [5.74, 6) is 1.54. The van der Waals surface area contributed by atoms with Gasteiger partial charge in [-0.05, 0) is 62.0 Å². The van der Waals surface area contributed by atoms with Crippen LogP contribution in [-0.2, 0) is 0 Å². The van der Waals surface area contributed by atoms with Crippen molar-refractivity contribution in [2.45, 2.75) is 6.17 Å². The van der Waals surface area contributed by atoms with Crippen molar-refractivity contribution < 1.29 is 4.42 Å². The minimum absolute atomic E-state index is 0.441. The van der Waals surface area contributed by atoms with E-state index in [9.17, 15) is 0 Å². The summed E-state index contributed by atoms with van der Waals surface area (Å²) in [6.45, 7) is 0. The molecule has 1 N–H and O–H groups in total.